The fourth-order valence-corrected chi connectivity index (χ4v) is 3.51. The van der Waals surface area contributed by atoms with Crippen LogP contribution in [0.4, 0.5) is 0 Å². The summed E-state index contributed by atoms with van der Waals surface area (Å²) in [5, 5.41) is 2.93. The van der Waals surface area contributed by atoms with Crippen LogP contribution in [0.3, 0.4) is 0 Å². The zero-order chi connectivity index (χ0) is 14.5. The summed E-state index contributed by atoms with van der Waals surface area (Å²) < 4.78 is 0. The SMILES string of the molecule is CCCC1NC(=O)C(C2CC2)N(CCCSCC)C1=O. The molecule has 2 rings (SSSR count). The van der Waals surface area contributed by atoms with E-state index in [0.29, 0.717) is 5.92 Å². The number of piperazine rings is 1. The molecule has 1 aliphatic heterocycles. The lowest BCUT2D eigenvalue weighted by Crippen LogP contribution is -2.64. The first-order valence-corrected chi connectivity index (χ1v) is 9.03. The second-order valence-electron chi connectivity index (χ2n) is 5.71. The van der Waals surface area contributed by atoms with E-state index in [1.54, 1.807) is 0 Å². The van der Waals surface area contributed by atoms with Gasteiger partial charge in [0.1, 0.15) is 12.1 Å². The summed E-state index contributed by atoms with van der Waals surface area (Å²) >= 11 is 1.90. The van der Waals surface area contributed by atoms with E-state index in [2.05, 4.69) is 19.2 Å². The molecule has 0 aromatic heterocycles. The highest BCUT2D eigenvalue weighted by molar-refractivity contribution is 7.99. The molecule has 2 atom stereocenters. The van der Waals surface area contributed by atoms with Crippen molar-refractivity contribution in [3.8, 4) is 0 Å². The number of carbonyl (C=O) groups is 2. The summed E-state index contributed by atoms with van der Waals surface area (Å²) in [6.07, 6.45) is 4.83. The molecule has 20 heavy (non-hydrogen) atoms. The summed E-state index contributed by atoms with van der Waals surface area (Å²) in [5.74, 6) is 2.80. The topological polar surface area (TPSA) is 49.4 Å². The largest absolute Gasteiger partial charge is 0.342 e. The van der Waals surface area contributed by atoms with Gasteiger partial charge in [-0.15, -0.1) is 0 Å². The van der Waals surface area contributed by atoms with Gasteiger partial charge in [-0.25, -0.2) is 0 Å². The van der Waals surface area contributed by atoms with Crippen molar-refractivity contribution >= 4 is 23.6 Å². The molecule has 1 aliphatic carbocycles. The van der Waals surface area contributed by atoms with Crippen LogP contribution in [0.15, 0.2) is 0 Å². The molecular formula is C15H26N2O2S. The van der Waals surface area contributed by atoms with Crippen LogP contribution in [-0.4, -0.2) is 46.8 Å². The second-order valence-corrected chi connectivity index (χ2v) is 7.11. The van der Waals surface area contributed by atoms with Gasteiger partial charge in [0.25, 0.3) is 0 Å². The number of thioether (sulfide) groups is 1. The van der Waals surface area contributed by atoms with Crippen molar-refractivity contribution in [1.82, 2.24) is 10.2 Å². The average Bonchev–Trinajstić information content (AvgIpc) is 3.24. The summed E-state index contributed by atoms with van der Waals surface area (Å²) in [6.45, 7) is 4.93. The summed E-state index contributed by atoms with van der Waals surface area (Å²) in [6, 6.07) is -0.483. The predicted octanol–water partition coefficient (Wildman–Crippen LogP) is 2.04. The lowest BCUT2D eigenvalue weighted by Gasteiger charge is -2.39. The first kappa shape index (κ1) is 15.7. The molecule has 1 heterocycles. The van der Waals surface area contributed by atoms with Crippen LogP contribution in [0, 0.1) is 5.92 Å². The van der Waals surface area contributed by atoms with Gasteiger partial charge in [0.2, 0.25) is 11.8 Å². The highest BCUT2D eigenvalue weighted by atomic mass is 32.2. The van der Waals surface area contributed by atoms with Crippen LogP contribution in [-0.2, 0) is 9.59 Å². The number of carbonyl (C=O) groups excluding carboxylic acids is 2. The van der Waals surface area contributed by atoms with E-state index in [1.165, 1.54) is 0 Å². The van der Waals surface area contributed by atoms with E-state index >= 15 is 0 Å². The Morgan fingerprint density at radius 3 is 2.65 bits per heavy atom. The molecule has 4 nitrogen and oxygen atoms in total. The zero-order valence-corrected chi connectivity index (χ0v) is 13.4. The molecule has 5 heteroatoms. The molecule has 2 unspecified atom stereocenters. The Bertz CT molecular complexity index is 358. The minimum atomic E-state index is -0.290. The zero-order valence-electron chi connectivity index (χ0n) is 12.6. The predicted molar refractivity (Wildman–Crippen MR) is 82.7 cm³/mol. The van der Waals surface area contributed by atoms with Gasteiger partial charge < -0.3 is 10.2 Å². The normalized spacial score (nSPS) is 26.8. The molecule has 0 bridgehead atoms. The number of amides is 2. The molecule has 0 spiro atoms. The minimum absolute atomic E-state index is 0.0775. The molecule has 2 amide bonds. The van der Waals surface area contributed by atoms with Crippen LogP contribution < -0.4 is 5.32 Å². The molecule has 114 valence electrons. The molecule has 1 N–H and O–H groups in total. The van der Waals surface area contributed by atoms with Gasteiger partial charge in [0.05, 0.1) is 0 Å². The monoisotopic (exact) mass is 298 g/mol. The average molecular weight is 298 g/mol. The van der Waals surface area contributed by atoms with E-state index in [0.717, 1.165) is 50.2 Å². The molecule has 2 aliphatic rings. The Kier molecular flexibility index (Phi) is 5.75. The van der Waals surface area contributed by atoms with Gasteiger partial charge >= 0.3 is 0 Å². The Hall–Kier alpha value is -0.710. The maximum Gasteiger partial charge on any atom is 0.245 e. The van der Waals surface area contributed by atoms with Gasteiger partial charge in [-0.3, -0.25) is 9.59 Å². The fourth-order valence-electron chi connectivity index (χ4n) is 2.89. The maximum absolute atomic E-state index is 12.6. The first-order chi connectivity index (χ1) is 9.69. The third kappa shape index (κ3) is 3.68. The molecule has 1 saturated heterocycles. The molecule has 1 saturated carbocycles. The van der Waals surface area contributed by atoms with E-state index < -0.39 is 0 Å². The van der Waals surface area contributed by atoms with E-state index in [9.17, 15) is 9.59 Å². The second kappa shape index (κ2) is 7.34. The van der Waals surface area contributed by atoms with Crippen LogP contribution >= 0.6 is 11.8 Å². The summed E-state index contributed by atoms with van der Waals surface area (Å²) in [5.41, 5.74) is 0. The third-order valence-corrected chi connectivity index (χ3v) is 5.03. The van der Waals surface area contributed by atoms with Crippen molar-refractivity contribution in [1.29, 1.82) is 0 Å². The van der Waals surface area contributed by atoms with E-state index in [1.807, 2.05) is 16.7 Å². The smallest absolute Gasteiger partial charge is 0.245 e. The van der Waals surface area contributed by atoms with Crippen molar-refractivity contribution in [2.75, 3.05) is 18.1 Å². The van der Waals surface area contributed by atoms with E-state index in [4.69, 9.17) is 0 Å². The van der Waals surface area contributed by atoms with Gasteiger partial charge in [0, 0.05) is 6.54 Å². The molecular weight excluding hydrogens is 272 g/mol. The maximum atomic E-state index is 12.6. The van der Waals surface area contributed by atoms with Gasteiger partial charge in [-0.2, -0.15) is 11.8 Å². The first-order valence-electron chi connectivity index (χ1n) is 7.87. The highest BCUT2D eigenvalue weighted by Gasteiger charge is 2.47. The summed E-state index contributed by atoms with van der Waals surface area (Å²) in [7, 11) is 0. The highest BCUT2D eigenvalue weighted by Crippen LogP contribution is 2.37. The Labute approximate surface area is 126 Å². The standard InChI is InChI=1S/C15H26N2O2S/c1-3-6-12-15(19)17(9-5-10-20-4-2)13(11-7-8-11)14(18)16-12/h11-13H,3-10H2,1-2H3,(H,16,18). The fraction of sp³-hybridized carbons (Fsp3) is 0.867. The van der Waals surface area contributed by atoms with Crippen molar-refractivity contribution in [3.05, 3.63) is 0 Å². The quantitative estimate of drug-likeness (QED) is 0.698. The van der Waals surface area contributed by atoms with Crippen LogP contribution in [0.2, 0.25) is 0 Å². The lowest BCUT2D eigenvalue weighted by molar-refractivity contribution is -0.150. The molecule has 0 radical (unpaired) electrons. The van der Waals surface area contributed by atoms with Crippen molar-refractivity contribution in [2.24, 2.45) is 5.92 Å². The molecule has 0 aromatic carbocycles. The number of nitrogens with zero attached hydrogens (tertiary/aromatic N) is 1. The number of hydrogen-bond donors (Lipinski definition) is 1. The van der Waals surface area contributed by atoms with Crippen LogP contribution in [0.25, 0.3) is 0 Å². The number of rotatable bonds is 8. The van der Waals surface area contributed by atoms with Crippen LogP contribution in [0.5, 0.6) is 0 Å². The van der Waals surface area contributed by atoms with Crippen molar-refractivity contribution in [2.45, 2.75) is 58.0 Å². The van der Waals surface area contributed by atoms with Crippen LogP contribution in [0.1, 0.15) is 46.0 Å². The lowest BCUT2D eigenvalue weighted by atomic mass is 10.0. The number of hydrogen-bond acceptors (Lipinski definition) is 3. The summed E-state index contributed by atoms with van der Waals surface area (Å²) in [4.78, 5) is 26.7. The Morgan fingerprint density at radius 1 is 1.30 bits per heavy atom. The third-order valence-electron chi connectivity index (χ3n) is 4.04. The Morgan fingerprint density at radius 2 is 2.05 bits per heavy atom. The van der Waals surface area contributed by atoms with Gasteiger partial charge in [-0.05, 0) is 43.1 Å². The number of nitrogens with one attached hydrogen (secondary N) is 1. The molecule has 0 aromatic rings. The van der Waals surface area contributed by atoms with Gasteiger partial charge in [-0.1, -0.05) is 20.3 Å². The van der Waals surface area contributed by atoms with Gasteiger partial charge in [0.15, 0.2) is 0 Å². The van der Waals surface area contributed by atoms with E-state index in [-0.39, 0.29) is 23.9 Å². The van der Waals surface area contributed by atoms with Crippen molar-refractivity contribution < 1.29 is 9.59 Å². The minimum Gasteiger partial charge on any atom is -0.342 e. The Balaban J connectivity index is 1.99. The van der Waals surface area contributed by atoms with Crippen molar-refractivity contribution in [3.63, 3.8) is 0 Å². The molecule has 2 fully saturated rings.